The van der Waals surface area contributed by atoms with Crippen LogP contribution in [0.3, 0.4) is 0 Å². The summed E-state index contributed by atoms with van der Waals surface area (Å²) in [5, 5.41) is 0. The lowest BCUT2D eigenvalue weighted by Gasteiger charge is -2.09. The van der Waals surface area contributed by atoms with Crippen LogP contribution >= 0.6 is 0 Å². The maximum atomic E-state index is 5.80. The Kier molecular flexibility index (Phi) is 9.94. The highest BCUT2D eigenvalue weighted by Crippen LogP contribution is 2.07. The van der Waals surface area contributed by atoms with Crippen molar-refractivity contribution in [2.45, 2.75) is 57.9 Å². The van der Waals surface area contributed by atoms with Crippen molar-refractivity contribution >= 4 is 0 Å². The molecule has 0 saturated carbocycles. The van der Waals surface area contributed by atoms with E-state index in [0.717, 1.165) is 6.42 Å². The largest absolute Gasteiger partial charge is 0.383 e. The molecule has 1 atom stereocenters. The second-order valence-electron chi connectivity index (χ2n) is 3.77. The fraction of sp³-hybridized carbons (Fsp3) is 1.00. The van der Waals surface area contributed by atoms with E-state index >= 15 is 0 Å². The van der Waals surface area contributed by atoms with E-state index in [1.165, 1.54) is 38.5 Å². The molecule has 0 radical (unpaired) electrons. The molecular weight excluding hydrogens is 162 g/mol. The summed E-state index contributed by atoms with van der Waals surface area (Å²) in [6, 6.07) is 0.246. The summed E-state index contributed by atoms with van der Waals surface area (Å²) in [6.07, 6.45) is 9.16. The number of ether oxygens (including phenoxy) is 1. The van der Waals surface area contributed by atoms with E-state index < -0.39 is 0 Å². The van der Waals surface area contributed by atoms with Gasteiger partial charge >= 0.3 is 0 Å². The van der Waals surface area contributed by atoms with Crippen molar-refractivity contribution in [3.05, 3.63) is 0 Å². The molecule has 0 aliphatic rings. The summed E-state index contributed by atoms with van der Waals surface area (Å²) in [4.78, 5) is 0. The second kappa shape index (κ2) is 10.0. The Morgan fingerprint density at radius 1 is 1.08 bits per heavy atom. The van der Waals surface area contributed by atoms with Crippen molar-refractivity contribution in [3.8, 4) is 0 Å². The van der Waals surface area contributed by atoms with Crippen LogP contribution in [0.25, 0.3) is 0 Å². The number of hydrogen-bond acceptors (Lipinski definition) is 2. The van der Waals surface area contributed by atoms with Gasteiger partial charge in [0.2, 0.25) is 0 Å². The summed E-state index contributed by atoms with van der Waals surface area (Å²) < 4.78 is 4.97. The highest BCUT2D eigenvalue weighted by atomic mass is 16.5. The summed E-state index contributed by atoms with van der Waals surface area (Å²) in [7, 11) is 1.71. The first kappa shape index (κ1) is 12.9. The molecule has 0 aromatic heterocycles. The van der Waals surface area contributed by atoms with E-state index in [4.69, 9.17) is 10.5 Å². The maximum Gasteiger partial charge on any atom is 0.0613 e. The topological polar surface area (TPSA) is 35.2 Å². The third-order valence-corrected chi connectivity index (χ3v) is 2.31. The van der Waals surface area contributed by atoms with Gasteiger partial charge in [-0.15, -0.1) is 0 Å². The molecule has 1 unspecified atom stereocenters. The lowest BCUT2D eigenvalue weighted by atomic mass is 10.1. The van der Waals surface area contributed by atoms with Crippen molar-refractivity contribution in [2.75, 3.05) is 13.7 Å². The van der Waals surface area contributed by atoms with Gasteiger partial charge in [0.25, 0.3) is 0 Å². The number of hydrogen-bond donors (Lipinski definition) is 1. The maximum absolute atomic E-state index is 5.80. The molecule has 0 aromatic rings. The Hall–Kier alpha value is -0.0800. The van der Waals surface area contributed by atoms with Gasteiger partial charge in [0.05, 0.1) is 6.61 Å². The van der Waals surface area contributed by atoms with Crippen molar-refractivity contribution in [3.63, 3.8) is 0 Å². The molecule has 0 saturated heterocycles. The highest BCUT2D eigenvalue weighted by Gasteiger charge is 2.00. The van der Waals surface area contributed by atoms with Crippen LogP contribution in [0.15, 0.2) is 0 Å². The van der Waals surface area contributed by atoms with Gasteiger partial charge in [-0.05, 0) is 6.42 Å². The molecule has 0 fully saturated rings. The van der Waals surface area contributed by atoms with Gasteiger partial charge < -0.3 is 10.5 Å². The number of methoxy groups -OCH3 is 1. The van der Waals surface area contributed by atoms with Crippen molar-refractivity contribution in [2.24, 2.45) is 5.73 Å². The standard InChI is InChI=1S/C11H25NO/c1-3-4-5-6-7-8-9-11(12)10-13-2/h11H,3-10,12H2,1-2H3. The Morgan fingerprint density at radius 2 is 1.69 bits per heavy atom. The van der Waals surface area contributed by atoms with Gasteiger partial charge in [0.15, 0.2) is 0 Å². The van der Waals surface area contributed by atoms with Crippen molar-refractivity contribution in [1.82, 2.24) is 0 Å². The third kappa shape index (κ3) is 9.84. The summed E-state index contributed by atoms with van der Waals surface area (Å²) in [6.45, 7) is 2.95. The van der Waals surface area contributed by atoms with Crippen LogP contribution in [0.1, 0.15) is 51.9 Å². The van der Waals surface area contributed by atoms with Crippen LogP contribution in [-0.4, -0.2) is 19.8 Å². The van der Waals surface area contributed by atoms with Gasteiger partial charge in [-0.25, -0.2) is 0 Å². The summed E-state index contributed by atoms with van der Waals surface area (Å²) in [5.41, 5.74) is 5.80. The Balaban J connectivity index is 2.97. The van der Waals surface area contributed by atoms with E-state index in [1.54, 1.807) is 7.11 Å². The zero-order valence-electron chi connectivity index (χ0n) is 9.22. The fourth-order valence-corrected chi connectivity index (χ4v) is 1.48. The number of rotatable bonds is 9. The molecule has 0 spiro atoms. The van der Waals surface area contributed by atoms with E-state index in [9.17, 15) is 0 Å². The summed E-state index contributed by atoms with van der Waals surface area (Å²) >= 11 is 0. The van der Waals surface area contributed by atoms with E-state index in [0.29, 0.717) is 6.61 Å². The van der Waals surface area contributed by atoms with Crippen molar-refractivity contribution in [1.29, 1.82) is 0 Å². The van der Waals surface area contributed by atoms with Gasteiger partial charge in [0.1, 0.15) is 0 Å². The van der Waals surface area contributed by atoms with Gasteiger partial charge in [0, 0.05) is 13.2 Å². The molecule has 2 nitrogen and oxygen atoms in total. The van der Waals surface area contributed by atoms with Crippen LogP contribution in [0.4, 0.5) is 0 Å². The highest BCUT2D eigenvalue weighted by molar-refractivity contribution is 4.59. The fourth-order valence-electron chi connectivity index (χ4n) is 1.48. The Labute approximate surface area is 82.8 Å². The molecule has 0 aromatic carbocycles. The Morgan fingerprint density at radius 3 is 2.31 bits per heavy atom. The number of unbranched alkanes of at least 4 members (excludes halogenated alkanes) is 5. The molecule has 0 aliphatic heterocycles. The zero-order valence-corrected chi connectivity index (χ0v) is 9.22. The number of nitrogens with two attached hydrogens (primary N) is 1. The predicted molar refractivity (Wildman–Crippen MR) is 57.8 cm³/mol. The smallest absolute Gasteiger partial charge is 0.0613 e. The van der Waals surface area contributed by atoms with Crippen LogP contribution in [-0.2, 0) is 4.74 Å². The molecular formula is C11H25NO. The molecule has 0 heterocycles. The normalized spacial score (nSPS) is 13.2. The monoisotopic (exact) mass is 187 g/mol. The van der Waals surface area contributed by atoms with Crippen LogP contribution in [0.5, 0.6) is 0 Å². The minimum absolute atomic E-state index is 0.246. The van der Waals surface area contributed by atoms with Crippen LogP contribution < -0.4 is 5.73 Å². The molecule has 0 rings (SSSR count). The lowest BCUT2D eigenvalue weighted by molar-refractivity contribution is 0.176. The molecule has 0 bridgehead atoms. The first-order valence-corrected chi connectivity index (χ1v) is 5.55. The SMILES string of the molecule is CCCCCCCCC(N)COC. The van der Waals surface area contributed by atoms with E-state index in [-0.39, 0.29) is 6.04 Å². The van der Waals surface area contributed by atoms with Gasteiger partial charge in [-0.3, -0.25) is 0 Å². The van der Waals surface area contributed by atoms with Crippen molar-refractivity contribution < 1.29 is 4.74 Å². The Bertz CT molecular complexity index is 96.1. The predicted octanol–water partition coefficient (Wildman–Crippen LogP) is 2.71. The molecule has 13 heavy (non-hydrogen) atoms. The minimum atomic E-state index is 0.246. The average Bonchev–Trinajstić information content (AvgIpc) is 2.11. The molecule has 80 valence electrons. The first-order chi connectivity index (χ1) is 6.31. The van der Waals surface area contributed by atoms with Gasteiger partial charge in [-0.2, -0.15) is 0 Å². The third-order valence-electron chi connectivity index (χ3n) is 2.31. The molecule has 0 aliphatic carbocycles. The van der Waals surface area contributed by atoms with Gasteiger partial charge in [-0.1, -0.05) is 45.4 Å². The first-order valence-electron chi connectivity index (χ1n) is 5.55. The second-order valence-corrected chi connectivity index (χ2v) is 3.77. The average molecular weight is 187 g/mol. The van der Waals surface area contributed by atoms with Crippen LogP contribution in [0.2, 0.25) is 0 Å². The molecule has 2 N–H and O–H groups in total. The van der Waals surface area contributed by atoms with E-state index in [1.807, 2.05) is 0 Å². The summed E-state index contributed by atoms with van der Waals surface area (Å²) in [5.74, 6) is 0. The molecule has 2 heteroatoms. The lowest BCUT2D eigenvalue weighted by Crippen LogP contribution is -2.25. The zero-order chi connectivity index (χ0) is 9.94. The quantitative estimate of drug-likeness (QED) is 0.563. The van der Waals surface area contributed by atoms with Crippen LogP contribution in [0, 0.1) is 0 Å². The van der Waals surface area contributed by atoms with E-state index in [2.05, 4.69) is 6.92 Å². The minimum Gasteiger partial charge on any atom is -0.383 e. The molecule has 0 amide bonds.